The molecule has 1 aromatic carbocycles. The lowest BCUT2D eigenvalue weighted by Gasteiger charge is -2.09. The predicted octanol–water partition coefficient (Wildman–Crippen LogP) is 2.19. The van der Waals surface area contributed by atoms with E-state index < -0.39 is 0 Å². The minimum Gasteiger partial charge on any atom is -0.301 e. The molecule has 0 bridgehead atoms. The highest BCUT2D eigenvalue weighted by Crippen LogP contribution is 2.25. The molecule has 0 spiro atoms. The van der Waals surface area contributed by atoms with Gasteiger partial charge in [-0.3, -0.25) is 4.79 Å². The van der Waals surface area contributed by atoms with Gasteiger partial charge >= 0.3 is 5.69 Å². The van der Waals surface area contributed by atoms with Crippen LogP contribution in [-0.2, 0) is 12.9 Å². The van der Waals surface area contributed by atoms with Crippen LogP contribution in [0.3, 0.4) is 0 Å². The van der Waals surface area contributed by atoms with Gasteiger partial charge in [0.25, 0.3) is 5.56 Å². The van der Waals surface area contributed by atoms with Crippen LogP contribution >= 0.6 is 23.1 Å². The maximum absolute atomic E-state index is 12.3. The van der Waals surface area contributed by atoms with Crippen molar-refractivity contribution in [1.82, 2.24) is 13.5 Å². The van der Waals surface area contributed by atoms with Crippen LogP contribution in [0.5, 0.6) is 0 Å². The van der Waals surface area contributed by atoms with Gasteiger partial charge in [0, 0.05) is 24.2 Å². The molecule has 0 radical (unpaired) electrons. The number of hydrogen-bond donors (Lipinski definition) is 0. The number of halogens is 1. The van der Waals surface area contributed by atoms with E-state index in [0.29, 0.717) is 17.3 Å². The van der Waals surface area contributed by atoms with Gasteiger partial charge in [-0.1, -0.05) is 0 Å². The molecule has 3 rings (SSSR count). The Hall–Kier alpha value is -1.92. The summed E-state index contributed by atoms with van der Waals surface area (Å²) in [4.78, 5) is 24.5. The number of alkyl halides is 1. The first kappa shape index (κ1) is 14.0. The second-order valence-corrected chi connectivity index (χ2v) is 5.82. The first-order chi connectivity index (χ1) is 10.0. The number of rotatable bonds is 2. The summed E-state index contributed by atoms with van der Waals surface area (Å²) in [5, 5.41) is 0.877. The van der Waals surface area contributed by atoms with Gasteiger partial charge in [0.05, 0.1) is 22.0 Å². The minimum absolute atomic E-state index is 0.296. The summed E-state index contributed by atoms with van der Waals surface area (Å²) >= 11 is 7.22. The Morgan fingerprint density at radius 3 is 2.76 bits per heavy atom. The smallest absolute Gasteiger partial charge is 0.301 e. The maximum Gasteiger partial charge on any atom is 0.335 e. The summed E-state index contributed by atoms with van der Waals surface area (Å²) in [5.74, 6) is 0.296. The fourth-order valence-corrected chi connectivity index (χ4v) is 3.23. The van der Waals surface area contributed by atoms with Gasteiger partial charge in [0.2, 0.25) is 0 Å². The largest absolute Gasteiger partial charge is 0.335 e. The molecular formula is C14H12ClN3O2S. The van der Waals surface area contributed by atoms with Crippen molar-refractivity contribution in [2.24, 2.45) is 7.05 Å². The number of aromatic nitrogens is 3. The first-order valence-corrected chi connectivity index (χ1v) is 7.58. The fraction of sp³-hybridized carbons (Fsp3) is 0.214. The minimum atomic E-state index is -0.366. The summed E-state index contributed by atoms with van der Waals surface area (Å²) in [5.41, 5.74) is 1.21. The van der Waals surface area contributed by atoms with E-state index in [-0.39, 0.29) is 11.2 Å². The summed E-state index contributed by atoms with van der Waals surface area (Å²) in [6.45, 7) is 1.73. The molecule has 0 saturated carbocycles. The molecule has 0 aliphatic heterocycles. The van der Waals surface area contributed by atoms with E-state index in [2.05, 4.69) is 4.37 Å². The van der Waals surface area contributed by atoms with E-state index in [1.165, 1.54) is 22.2 Å². The van der Waals surface area contributed by atoms with Gasteiger partial charge in [-0.25, -0.2) is 9.36 Å². The van der Waals surface area contributed by atoms with Crippen LogP contribution in [0.1, 0.15) is 11.4 Å². The number of nitrogens with zero attached hydrogens (tertiary/aromatic N) is 3. The Bertz CT molecular complexity index is 955. The zero-order valence-electron chi connectivity index (χ0n) is 11.5. The van der Waals surface area contributed by atoms with Gasteiger partial charge in [0.15, 0.2) is 0 Å². The van der Waals surface area contributed by atoms with Crippen molar-refractivity contribution in [3.8, 4) is 5.69 Å². The van der Waals surface area contributed by atoms with E-state index in [1.54, 1.807) is 26.1 Å². The molecule has 2 heterocycles. The molecule has 108 valence electrons. The number of fused-ring (bicyclic) bond motifs is 1. The average Bonchev–Trinajstić information content (AvgIpc) is 2.87. The highest BCUT2D eigenvalue weighted by atomic mass is 35.5. The lowest BCUT2D eigenvalue weighted by molar-refractivity contribution is 0.714. The zero-order chi connectivity index (χ0) is 15.1. The highest BCUT2D eigenvalue weighted by molar-refractivity contribution is 7.13. The topological polar surface area (TPSA) is 56.9 Å². The standard InChI is InChI=1S/C14H12ClN3O2S/c1-8-5-13(19)18(14(20)17(8)2)9-3-4-12-10(6-9)11(7-15)16-21-12/h3-6H,7H2,1-2H3. The van der Waals surface area contributed by atoms with Crippen LogP contribution in [0.15, 0.2) is 33.9 Å². The molecule has 0 unspecified atom stereocenters. The van der Waals surface area contributed by atoms with Crippen LogP contribution in [0.4, 0.5) is 0 Å². The number of aryl methyl sites for hydroxylation is 1. The molecule has 0 aliphatic carbocycles. The van der Waals surface area contributed by atoms with Crippen LogP contribution in [0.25, 0.3) is 15.8 Å². The van der Waals surface area contributed by atoms with E-state index in [1.807, 2.05) is 6.07 Å². The van der Waals surface area contributed by atoms with E-state index in [4.69, 9.17) is 11.6 Å². The molecule has 21 heavy (non-hydrogen) atoms. The second-order valence-electron chi connectivity index (χ2n) is 4.74. The number of hydrogen-bond acceptors (Lipinski definition) is 4. The van der Waals surface area contributed by atoms with Crippen molar-refractivity contribution in [3.63, 3.8) is 0 Å². The molecule has 0 atom stereocenters. The molecule has 0 N–H and O–H groups in total. The Labute approximate surface area is 129 Å². The third-order valence-corrected chi connectivity index (χ3v) is 4.59. The Kier molecular flexibility index (Phi) is 3.43. The van der Waals surface area contributed by atoms with Crippen LogP contribution < -0.4 is 11.2 Å². The lowest BCUT2D eigenvalue weighted by atomic mass is 10.2. The molecule has 5 nitrogen and oxygen atoms in total. The van der Waals surface area contributed by atoms with Crippen molar-refractivity contribution in [3.05, 3.63) is 56.5 Å². The maximum atomic E-state index is 12.3. The normalized spacial score (nSPS) is 11.2. The molecule has 0 saturated heterocycles. The van der Waals surface area contributed by atoms with Crippen molar-refractivity contribution in [1.29, 1.82) is 0 Å². The quantitative estimate of drug-likeness (QED) is 0.680. The van der Waals surface area contributed by atoms with Gasteiger partial charge in [-0.15, -0.1) is 11.6 Å². The van der Waals surface area contributed by atoms with Gasteiger partial charge in [0.1, 0.15) is 0 Å². The summed E-state index contributed by atoms with van der Waals surface area (Å²) in [6, 6.07) is 6.83. The average molecular weight is 322 g/mol. The first-order valence-electron chi connectivity index (χ1n) is 6.27. The zero-order valence-corrected chi connectivity index (χ0v) is 13.0. The summed E-state index contributed by atoms with van der Waals surface area (Å²) in [7, 11) is 1.64. The Morgan fingerprint density at radius 2 is 2.05 bits per heavy atom. The molecule has 2 aromatic heterocycles. The number of benzene rings is 1. The second kappa shape index (κ2) is 5.13. The molecule has 0 amide bonds. The third-order valence-electron chi connectivity index (χ3n) is 3.47. The fourth-order valence-electron chi connectivity index (χ4n) is 2.18. The van der Waals surface area contributed by atoms with Gasteiger partial charge in [-0.2, -0.15) is 4.37 Å². The third kappa shape index (κ3) is 2.20. The predicted molar refractivity (Wildman–Crippen MR) is 84.8 cm³/mol. The van der Waals surface area contributed by atoms with Gasteiger partial charge < -0.3 is 4.57 Å². The molecular weight excluding hydrogens is 310 g/mol. The lowest BCUT2D eigenvalue weighted by Crippen LogP contribution is -2.38. The molecule has 7 heteroatoms. The van der Waals surface area contributed by atoms with E-state index >= 15 is 0 Å². The van der Waals surface area contributed by atoms with Crippen molar-refractivity contribution < 1.29 is 0 Å². The van der Waals surface area contributed by atoms with E-state index in [9.17, 15) is 9.59 Å². The molecule has 0 fully saturated rings. The van der Waals surface area contributed by atoms with Crippen molar-refractivity contribution in [2.45, 2.75) is 12.8 Å². The van der Waals surface area contributed by atoms with Crippen molar-refractivity contribution >= 4 is 33.2 Å². The SMILES string of the molecule is Cc1cc(=O)n(-c2ccc3snc(CCl)c3c2)c(=O)n1C. The summed E-state index contributed by atoms with van der Waals surface area (Å²) < 4.78 is 7.84. The highest BCUT2D eigenvalue weighted by Gasteiger charge is 2.11. The Balaban J connectivity index is 2.33. The van der Waals surface area contributed by atoms with E-state index in [0.717, 1.165) is 20.3 Å². The molecule has 3 aromatic rings. The Morgan fingerprint density at radius 1 is 1.29 bits per heavy atom. The monoisotopic (exact) mass is 321 g/mol. The molecule has 0 aliphatic rings. The van der Waals surface area contributed by atoms with Crippen molar-refractivity contribution in [2.75, 3.05) is 0 Å². The van der Waals surface area contributed by atoms with Crippen LogP contribution in [0, 0.1) is 6.92 Å². The van der Waals surface area contributed by atoms with Crippen LogP contribution in [0.2, 0.25) is 0 Å². The van der Waals surface area contributed by atoms with Crippen LogP contribution in [-0.4, -0.2) is 13.5 Å². The van der Waals surface area contributed by atoms with Gasteiger partial charge in [-0.05, 0) is 36.7 Å². The summed E-state index contributed by atoms with van der Waals surface area (Å²) in [6.07, 6.45) is 0.